The normalized spacial score (nSPS) is 13.1. The molecule has 35 heavy (non-hydrogen) atoms. The van der Waals surface area contributed by atoms with Gasteiger partial charge in [0.25, 0.3) is 0 Å². The molecule has 0 spiro atoms. The molecule has 4 aromatic rings. The molecule has 4 rings (SSSR count). The number of rotatable bonds is 8. The van der Waals surface area contributed by atoms with E-state index in [2.05, 4.69) is 16.2 Å². The quantitative estimate of drug-likeness (QED) is 0.179. The average molecular weight is 509 g/mol. The number of aliphatic imine (C=N–C) groups is 1. The van der Waals surface area contributed by atoms with Crippen LogP contribution in [0.1, 0.15) is 22.8 Å². The number of fused-ring (bicyclic) bond motifs is 1. The number of para-hydroxylation sites is 2. The lowest BCUT2D eigenvalue weighted by Gasteiger charge is -2.13. The molecule has 0 fully saturated rings. The van der Waals surface area contributed by atoms with E-state index in [1.54, 1.807) is 33.5 Å². The molecule has 1 unspecified atom stereocenters. The molecule has 180 valence electrons. The third kappa shape index (κ3) is 5.65. The van der Waals surface area contributed by atoms with Crippen molar-refractivity contribution in [2.45, 2.75) is 32.7 Å². The summed E-state index contributed by atoms with van der Waals surface area (Å²) in [6.07, 6.45) is 0.766. The van der Waals surface area contributed by atoms with Crippen molar-refractivity contribution in [3.05, 3.63) is 99.1 Å². The molecule has 4 N–H and O–H groups in total. The van der Waals surface area contributed by atoms with Crippen LogP contribution in [0.15, 0.2) is 76.8 Å². The van der Waals surface area contributed by atoms with Crippen molar-refractivity contribution >= 4 is 46.2 Å². The second-order valence-corrected chi connectivity index (χ2v) is 9.09. The van der Waals surface area contributed by atoms with E-state index < -0.39 is 6.10 Å². The molecule has 0 aliphatic rings. The lowest BCUT2D eigenvalue weighted by Crippen LogP contribution is -2.29. The SMILES string of the molecule is Cc1cccc(CN=CC(Cn2c(=N)n(CC(O)c3ccc(Cl)c(Cl)c3)c3ccccc32)=NN)c1. The first kappa shape index (κ1) is 24.7. The summed E-state index contributed by atoms with van der Waals surface area (Å²) >= 11 is 12.1. The Labute approximate surface area is 213 Å². The zero-order valence-corrected chi connectivity index (χ0v) is 20.7. The van der Waals surface area contributed by atoms with Gasteiger partial charge in [-0.15, -0.1) is 0 Å². The summed E-state index contributed by atoms with van der Waals surface area (Å²) in [5, 5.41) is 24.4. The van der Waals surface area contributed by atoms with Crippen molar-refractivity contribution < 1.29 is 5.11 Å². The smallest absolute Gasteiger partial charge is 0.203 e. The third-order valence-corrected chi connectivity index (χ3v) is 6.48. The van der Waals surface area contributed by atoms with E-state index in [1.165, 1.54) is 5.56 Å². The predicted octanol–water partition coefficient (Wildman–Crippen LogP) is 4.86. The number of aliphatic hydroxyl groups excluding tert-OH is 1. The summed E-state index contributed by atoms with van der Waals surface area (Å²) in [6, 6.07) is 20.8. The molecule has 0 amide bonds. The Hall–Kier alpha value is -3.39. The number of aliphatic hydroxyl groups is 1. The standard InChI is InChI=1S/C26H26Cl2N6O/c1-17-5-4-6-18(11-17)13-31-14-20(32-30)15-33-23-7-2-3-8-24(23)34(26(33)29)16-25(35)19-9-10-21(27)22(28)12-19/h2-12,14,25,29,35H,13,15-16,30H2,1H3. The van der Waals surface area contributed by atoms with Crippen molar-refractivity contribution in [2.75, 3.05) is 0 Å². The Kier molecular flexibility index (Phi) is 7.70. The molecule has 0 saturated heterocycles. The molecule has 3 aromatic carbocycles. The minimum atomic E-state index is -0.878. The molecule has 0 saturated carbocycles. The van der Waals surface area contributed by atoms with E-state index in [-0.39, 0.29) is 18.7 Å². The second kappa shape index (κ2) is 10.9. The number of hydrogen-bond acceptors (Lipinski definition) is 5. The number of aromatic nitrogens is 2. The van der Waals surface area contributed by atoms with Crippen LogP contribution < -0.4 is 11.5 Å². The number of hydrogen-bond donors (Lipinski definition) is 3. The Morgan fingerprint density at radius 2 is 1.77 bits per heavy atom. The molecule has 0 aliphatic carbocycles. The predicted molar refractivity (Wildman–Crippen MR) is 142 cm³/mol. The summed E-state index contributed by atoms with van der Waals surface area (Å²) in [6.45, 7) is 2.99. The number of nitrogens with zero attached hydrogens (tertiary/aromatic N) is 4. The first-order valence-electron chi connectivity index (χ1n) is 11.0. The Bertz CT molecular complexity index is 1470. The van der Waals surface area contributed by atoms with E-state index in [9.17, 15) is 5.11 Å². The van der Waals surface area contributed by atoms with E-state index in [4.69, 9.17) is 34.5 Å². The minimum Gasteiger partial charge on any atom is -0.387 e. The number of nitrogens with one attached hydrogen (secondary N) is 1. The maximum atomic E-state index is 10.9. The average Bonchev–Trinajstić information content (AvgIpc) is 3.11. The molecule has 0 radical (unpaired) electrons. The number of aryl methyl sites for hydroxylation is 1. The molecule has 1 aromatic heterocycles. The van der Waals surface area contributed by atoms with Crippen molar-refractivity contribution in [1.29, 1.82) is 5.41 Å². The number of hydrazone groups is 1. The fourth-order valence-electron chi connectivity index (χ4n) is 3.98. The van der Waals surface area contributed by atoms with Gasteiger partial charge in [-0.3, -0.25) is 10.4 Å². The Morgan fingerprint density at radius 3 is 2.46 bits per heavy atom. The Morgan fingerprint density at radius 1 is 1.03 bits per heavy atom. The summed E-state index contributed by atoms with van der Waals surface area (Å²) in [5.74, 6) is 5.66. The van der Waals surface area contributed by atoms with Crippen LogP contribution in [-0.2, 0) is 19.6 Å². The maximum Gasteiger partial charge on any atom is 0.203 e. The lowest BCUT2D eigenvalue weighted by atomic mass is 10.1. The van der Waals surface area contributed by atoms with Crippen LogP contribution in [0.25, 0.3) is 11.0 Å². The summed E-state index contributed by atoms with van der Waals surface area (Å²) in [7, 11) is 0. The van der Waals surface area contributed by atoms with Gasteiger partial charge >= 0.3 is 0 Å². The van der Waals surface area contributed by atoms with Crippen LogP contribution in [0.3, 0.4) is 0 Å². The largest absolute Gasteiger partial charge is 0.387 e. The Balaban J connectivity index is 1.59. The van der Waals surface area contributed by atoms with Crippen molar-refractivity contribution in [2.24, 2.45) is 15.9 Å². The van der Waals surface area contributed by atoms with Crippen LogP contribution in [0, 0.1) is 12.3 Å². The van der Waals surface area contributed by atoms with Gasteiger partial charge in [0.1, 0.15) is 0 Å². The van der Waals surface area contributed by atoms with Crippen LogP contribution in [0.2, 0.25) is 10.0 Å². The molecule has 0 bridgehead atoms. The first-order chi connectivity index (χ1) is 16.9. The third-order valence-electron chi connectivity index (χ3n) is 5.74. The molecule has 7 nitrogen and oxygen atoms in total. The van der Waals surface area contributed by atoms with Gasteiger partial charge in [0.15, 0.2) is 0 Å². The van der Waals surface area contributed by atoms with Crippen LogP contribution in [-0.4, -0.2) is 26.2 Å². The van der Waals surface area contributed by atoms with Crippen LogP contribution in [0.5, 0.6) is 0 Å². The highest BCUT2D eigenvalue weighted by atomic mass is 35.5. The van der Waals surface area contributed by atoms with E-state index in [0.29, 0.717) is 27.9 Å². The molecular weight excluding hydrogens is 483 g/mol. The summed E-state index contributed by atoms with van der Waals surface area (Å²) in [4.78, 5) is 4.49. The topological polar surface area (TPSA) is 105 Å². The van der Waals surface area contributed by atoms with Gasteiger partial charge in [0.05, 0.1) is 52.5 Å². The van der Waals surface area contributed by atoms with E-state index in [1.807, 2.05) is 49.4 Å². The fraction of sp³-hybridized carbons (Fsp3) is 0.192. The van der Waals surface area contributed by atoms with Gasteiger partial charge < -0.3 is 20.1 Å². The van der Waals surface area contributed by atoms with Gasteiger partial charge in [-0.05, 0) is 42.3 Å². The monoisotopic (exact) mass is 508 g/mol. The number of halogens is 2. The van der Waals surface area contributed by atoms with Gasteiger partial charge in [-0.25, -0.2) is 0 Å². The van der Waals surface area contributed by atoms with Crippen LogP contribution >= 0.6 is 23.2 Å². The van der Waals surface area contributed by atoms with Crippen molar-refractivity contribution in [1.82, 2.24) is 9.13 Å². The number of nitrogens with two attached hydrogens (primary N) is 1. The fourth-order valence-corrected chi connectivity index (χ4v) is 4.29. The highest BCUT2D eigenvalue weighted by Crippen LogP contribution is 2.27. The molecule has 9 heteroatoms. The highest BCUT2D eigenvalue weighted by molar-refractivity contribution is 6.42. The second-order valence-electron chi connectivity index (χ2n) is 8.28. The van der Waals surface area contributed by atoms with Gasteiger partial charge in [0, 0.05) is 6.21 Å². The molecule has 0 aliphatic heterocycles. The highest BCUT2D eigenvalue weighted by Gasteiger charge is 2.17. The number of benzene rings is 3. The van der Waals surface area contributed by atoms with Gasteiger partial charge in [-0.2, -0.15) is 5.10 Å². The zero-order valence-electron chi connectivity index (χ0n) is 19.2. The van der Waals surface area contributed by atoms with Gasteiger partial charge in [0.2, 0.25) is 5.62 Å². The van der Waals surface area contributed by atoms with Crippen molar-refractivity contribution in [3.63, 3.8) is 0 Å². The van der Waals surface area contributed by atoms with Gasteiger partial charge in [-0.1, -0.05) is 71.2 Å². The molecular formula is C26H26Cl2N6O. The molecule has 1 heterocycles. The zero-order chi connectivity index (χ0) is 24.9. The van der Waals surface area contributed by atoms with E-state index >= 15 is 0 Å². The minimum absolute atomic E-state index is 0.168. The summed E-state index contributed by atoms with van der Waals surface area (Å²) in [5.41, 5.74) is 5.27. The van der Waals surface area contributed by atoms with Crippen molar-refractivity contribution in [3.8, 4) is 0 Å². The maximum absolute atomic E-state index is 10.9. The molecule has 1 atom stereocenters. The van der Waals surface area contributed by atoms with E-state index in [0.717, 1.165) is 16.6 Å². The summed E-state index contributed by atoms with van der Waals surface area (Å²) < 4.78 is 3.54. The number of imidazole rings is 1. The first-order valence-corrected chi connectivity index (χ1v) is 11.8. The van der Waals surface area contributed by atoms with Crippen LogP contribution in [0.4, 0.5) is 0 Å². The lowest BCUT2D eigenvalue weighted by molar-refractivity contribution is 0.156.